The molecule has 6 nitrogen and oxygen atoms in total. The SMILES string of the molecule is COC(=O)CCCC=CC[C@H]1C[C@H]2C[C@@H]([C@@H]1NC(=O)c1csc3ccc(OC(C)=O)cc13)C2(C)C. The van der Waals surface area contributed by atoms with Crippen LogP contribution < -0.4 is 10.1 Å². The van der Waals surface area contributed by atoms with Crippen molar-refractivity contribution in [2.45, 2.75) is 65.3 Å². The van der Waals surface area contributed by atoms with Gasteiger partial charge in [0.1, 0.15) is 5.75 Å². The molecular weight excluding hydrogens is 462 g/mol. The zero-order valence-corrected chi connectivity index (χ0v) is 21.8. The van der Waals surface area contributed by atoms with E-state index in [2.05, 4.69) is 31.3 Å². The van der Waals surface area contributed by atoms with Gasteiger partial charge in [-0.3, -0.25) is 14.4 Å². The number of ether oxygens (including phenoxy) is 2. The summed E-state index contributed by atoms with van der Waals surface area (Å²) in [6.07, 6.45) is 9.64. The number of allylic oxidation sites excluding steroid dienone is 2. The van der Waals surface area contributed by atoms with Gasteiger partial charge in [-0.25, -0.2) is 0 Å². The Hall–Kier alpha value is -2.67. The van der Waals surface area contributed by atoms with Crippen molar-refractivity contribution in [2.24, 2.45) is 23.2 Å². The molecule has 0 aliphatic heterocycles. The third kappa shape index (κ3) is 5.45. The number of carbonyl (C=O) groups is 3. The fourth-order valence-electron chi connectivity index (χ4n) is 5.87. The van der Waals surface area contributed by atoms with E-state index in [1.54, 1.807) is 12.1 Å². The van der Waals surface area contributed by atoms with Gasteiger partial charge in [0.2, 0.25) is 0 Å². The van der Waals surface area contributed by atoms with E-state index in [0.717, 1.165) is 42.2 Å². The largest absolute Gasteiger partial charge is 0.469 e. The van der Waals surface area contributed by atoms with E-state index < -0.39 is 0 Å². The van der Waals surface area contributed by atoms with Crippen LogP contribution in [-0.4, -0.2) is 31.0 Å². The maximum Gasteiger partial charge on any atom is 0.308 e. The molecule has 3 saturated carbocycles. The van der Waals surface area contributed by atoms with Crippen molar-refractivity contribution in [2.75, 3.05) is 7.11 Å². The van der Waals surface area contributed by atoms with E-state index in [-0.39, 0.29) is 29.3 Å². The highest BCUT2D eigenvalue weighted by Crippen LogP contribution is 2.61. The first-order chi connectivity index (χ1) is 16.7. The molecule has 3 fully saturated rings. The Morgan fingerprint density at radius 3 is 2.71 bits per heavy atom. The quantitative estimate of drug-likeness (QED) is 0.202. The van der Waals surface area contributed by atoms with Crippen LogP contribution in [0, 0.1) is 23.2 Å². The van der Waals surface area contributed by atoms with Crippen molar-refractivity contribution in [3.8, 4) is 5.75 Å². The standard InChI is InChI=1S/C28H35NO5S/c1-17(30)34-20-11-12-24-21(15-20)22(16-35-24)27(32)29-26-18(13-19-14-23(26)28(19,2)3)9-7-5-6-8-10-25(31)33-4/h5,7,11-12,15-16,18-19,23,26H,6,8-10,13-14H2,1-4H3,(H,29,32)/t18-,19-,23-,26+/m0/s1. The van der Waals surface area contributed by atoms with Crippen LogP contribution in [0.15, 0.2) is 35.7 Å². The lowest BCUT2D eigenvalue weighted by atomic mass is 9.44. The molecular formula is C28H35NO5S. The minimum absolute atomic E-state index is 0.0607. The van der Waals surface area contributed by atoms with Gasteiger partial charge in [0.25, 0.3) is 5.91 Å². The first-order valence-corrected chi connectivity index (χ1v) is 13.3. The van der Waals surface area contributed by atoms with E-state index in [0.29, 0.717) is 35.5 Å². The fraction of sp³-hybridized carbons (Fsp3) is 0.536. The first-order valence-electron chi connectivity index (χ1n) is 12.4. The maximum absolute atomic E-state index is 13.5. The number of esters is 2. The minimum atomic E-state index is -0.379. The topological polar surface area (TPSA) is 81.7 Å². The molecule has 3 aliphatic carbocycles. The summed E-state index contributed by atoms with van der Waals surface area (Å²) in [6.45, 7) is 6.03. The lowest BCUT2D eigenvalue weighted by Gasteiger charge is -2.62. The van der Waals surface area contributed by atoms with Crippen LogP contribution in [-0.2, 0) is 14.3 Å². The van der Waals surface area contributed by atoms with Crippen LogP contribution in [0.1, 0.15) is 69.7 Å². The number of carbonyl (C=O) groups excluding carboxylic acids is 3. The molecule has 3 aliphatic rings. The van der Waals surface area contributed by atoms with Gasteiger partial charge in [0, 0.05) is 34.9 Å². The summed E-state index contributed by atoms with van der Waals surface area (Å²) in [5.41, 5.74) is 0.869. The van der Waals surface area contributed by atoms with Crippen molar-refractivity contribution in [3.63, 3.8) is 0 Å². The molecule has 0 spiro atoms. The van der Waals surface area contributed by atoms with Crippen LogP contribution in [0.25, 0.3) is 10.1 Å². The Morgan fingerprint density at radius 1 is 1.20 bits per heavy atom. The Labute approximate surface area is 211 Å². The predicted molar refractivity (Wildman–Crippen MR) is 137 cm³/mol. The van der Waals surface area contributed by atoms with Gasteiger partial charge in [-0.05, 0) is 73.5 Å². The highest BCUT2D eigenvalue weighted by atomic mass is 32.1. The molecule has 1 heterocycles. The van der Waals surface area contributed by atoms with Crippen LogP contribution in [0.3, 0.4) is 0 Å². The Bertz CT molecular complexity index is 1130. The molecule has 0 radical (unpaired) electrons. The third-order valence-corrected chi connectivity index (χ3v) is 8.97. The number of thiophene rings is 1. The van der Waals surface area contributed by atoms with Crippen LogP contribution in [0.5, 0.6) is 5.75 Å². The van der Waals surface area contributed by atoms with Crippen molar-refractivity contribution in [3.05, 3.63) is 41.3 Å². The number of rotatable bonds is 9. The molecule has 1 N–H and O–H groups in total. The first kappa shape index (κ1) is 25.4. The van der Waals surface area contributed by atoms with Gasteiger partial charge in [-0.2, -0.15) is 0 Å². The van der Waals surface area contributed by atoms with E-state index in [9.17, 15) is 14.4 Å². The zero-order valence-electron chi connectivity index (χ0n) is 21.0. The third-order valence-electron chi connectivity index (χ3n) is 8.01. The minimum Gasteiger partial charge on any atom is -0.469 e. The van der Waals surface area contributed by atoms with E-state index in [1.807, 2.05) is 11.4 Å². The van der Waals surface area contributed by atoms with Crippen molar-refractivity contribution >= 4 is 39.3 Å². The smallest absolute Gasteiger partial charge is 0.308 e. The van der Waals surface area contributed by atoms with E-state index >= 15 is 0 Å². The van der Waals surface area contributed by atoms with Gasteiger partial charge < -0.3 is 14.8 Å². The Morgan fingerprint density at radius 2 is 2.00 bits per heavy atom. The molecule has 188 valence electrons. The number of fused-ring (bicyclic) bond motifs is 3. The molecule has 35 heavy (non-hydrogen) atoms. The summed E-state index contributed by atoms with van der Waals surface area (Å²) in [6, 6.07) is 5.55. The second-order valence-electron chi connectivity index (χ2n) is 10.4. The van der Waals surface area contributed by atoms with Gasteiger partial charge in [0.05, 0.1) is 12.7 Å². The number of hydrogen-bond donors (Lipinski definition) is 1. The summed E-state index contributed by atoms with van der Waals surface area (Å²) in [5, 5.41) is 6.12. The predicted octanol–water partition coefficient (Wildman–Crippen LogP) is 5.90. The summed E-state index contributed by atoms with van der Waals surface area (Å²) in [4.78, 5) is 36.1. The molecule has 4 atom stereocenters. The number of hydrogen-bond acceptors (Lipinski definition) is 6. The molecule has 0 saturated heterocycles. The fourth-order valence-corrected chi connectivity index (χ4v) is 6.79. The Kier molecular flexibility index (Phi) is 7.64. The van der Waals surface area contributed by atoms with E-state index in [4.69, 9.17) is 9.47 Å². The van der Waals surface area contributed by atoms with Crippen molar-refractivity contribution in [1.29, 1.82) is 0 Å². The molecule has 5 rings (SSSR count). The molecule has 1 aromatic carbocycles. The molecule has 0 unspecified atom stereocenters. The average Bonchev–Trinajstić information content (AvgIpc) is 3.24. The number of amides is 1. The molecule has 7 heteroatoms. The van der Waals surface area contributed by atoms with Gasteiger partial charge in [-0.1, -0.05) is 26.0 Å². The van der Waals surface area contributed by atoms with Crippen molar-refractivity contribution in [1.82, 2.24) is 5.32 Å². The number of methoxy groups -OCH3 is 1. The molecule has 1 amide bonds. The number of unbranched alkanes of at least 4 members (excludes halogenated alkanes) is 1. The van der Waals surface area contributed by atoms with E-state index in [1.165, 1.54) is 25.4 Å². The molecule has 2 aromatic rings. The lowest BCUT2D eigenvalue weighted by molar-refractivity contribution is -0.140. The normalized spacial score (nSPS) is 24.7. The molecule has 1 aromatic heterocycles. The number of benzene rings is 1. The zero-order chi connectivity index (χ0) is 25.2. The summed E-state index contributed by atoms with van der Waals surface area (Å²) in [5.74, 6) is 1.40. The van der Waals surface area contributed by atoms with Gasteiger partial charge in [0.15, 0.2) is 0 Å². The number of nitrogens with one attached hydrogen (secondary N) is 1. The monoisotopic (exact) mass is 497 g/mol. The van der Waals surface area contributed by atoms with Gasteiger partial charge in [-0.15, -0.1) is 11.3 Å². The Balaban J connectivity index is 1.45. The van der Waals surface area contributed by atoms with Gasteiger partial charge >= 0.3 is 11.9 Å². The van der Waals surface area contributed by atoms with Crippen molar-refractivity contribution < 1.29 is 23.9 Å². The lowest BCUT2D eigenvalue weighted by Crippen LogP contribution is -2.63. The summed E-state index contributed by atoms with van der Waals surface area (Å²) < 4.78 is 10.9. The highest BCUT2D eigenvalue weighted by molar-refractivity contribution is 7.17. The summed E-state index contributed by atoms with van der Waals surface area (Å²) in [7, 11) is 1.42. The second kappa shape index (κ2) is 10.5. The average molecular weight is 498 g/mol. The second-order valence-corrected chi connectivity index (χ2v) is 11.3. The molecule has 2 bridgehead atoms. The highest BCUT2D eigenvalue weighted by Gasteiger charge is 2.57. The van der Waals surface area contributed by atoms with Crippen LogP contribution >= 0.6 is 11.3 Å². The van der Waals surface area contributed by atoms with Crippen LogP contribution in [0.4, 0.5) is 0 Å². The summed E-state index contributed by atoms with van der Waals surface area (Å²) >= 11 is 1.52. The maximum atomic E-state index is 13.5. The van der Waals surface area contributed by atoms with Crippen LogP contribution in [0.2, 0.25) is 0 Å².